The summed E-state index contributed by atoms with van der Waals surface area (Å²) in [5.74, 6) is 0.761. The molecule has 1 rings (SSSR count). The van der Waals surface area contributed by atoms with Gasteiger partial charge in [-0.05, 0) is 38.6 Å². The molecule has 0 aromatic rings. The van der Waals surface area contributed by atoms with Gasteiger partial charge in [0.15, 0.2) is 0 Å². The molecule has 1 N–H and O–H groups in total. The zero-order valence-electron chi connectivity index (χ0n) is 12.1. The molecular formula is C13H28N2O2S. The van der Waals surface area contributed by atoms with Crippen molar-refractivity contribution in [3.05, 3.63) is 0 Å². The number of nitrogens with one attached hydrogen (secondary N) is 1. The highest BCUT2D eigenvalue weighted by Gasteiger charge is 2.27. The molecule has 0 bridgehead atoms. The summed E-state index contributed by atoms with van der Waals surface area (Å²) in [6.45, 7) is 7.19. The van der Waals surface area contributed by atoms with Gasteiger partial charge in [-0.25, -0.2) is 12.7 Å². The topological polar surface area (TPSA) is 49.4 Å². The van der Waals surface area contributed by atoms with E-state index in [4.69, 9.17) is 0 Å². The first-order valence-corrected chi connectivity index (χ1v) is 8.63. The molecule has 2 atom stereocenters. The third kappa shape index (κ3) is 4.86. The van der Waals surface area contributed by atoms with Crippen molar-refractivity contribution in [3.8, 4) is 0 Å². The van der Waals surface area contributed by atoms with Crippen LogP contribution in [0.4, 0.5) is 0 Å². The molecule has 4 nitrogen and oxygen atoms in total. The summed E-state index contributed by atoms with van der Waals surface area (Å²) in [6, 6.07) is 0.219. The van der Waals surface area contributed by atoms with Gasteiger partial charge < -0.3 is 5.32 Å². The fourth-order valence-corrected chi connectivity index (χ4v) is 4.21. The third-order valence-corrected chi connectivity index (χ3v) is 5.76. The van der Waals surface area contributed by atoms with E-state index in [9.17, 15) is 8.42 Å². The molecule has 0 aromatic carbocycles. The summed E-state index contributed by atoms with van der Waals surface area (Å²) in [6.07, 6.45) is 4.19. The van der Waals surface area contributed by atoms with E-state index in [2.05, 4.69) is 19.2 Å². The van der Waals surface area contributed by atoms with Crippen LogP contribution in [0.25, 0.3) is 0 Å². The van der Waals surface area contributed by atoms with Gasteiger partial charge in [0.2, 0.25) is 10.0 Å². The highest BCUT2D eigenvalue weighted by molar-refractivity contribution is 7.89. The van der Waals surface area contributed by atoms with Crippen LogP contribution >= 0.6 is 0 Å². The maximum atomic E-state index is 12.3. The molecule has 0 saturated carbocycles. The minimum absolute atomic E-state index is 0.0820. The molecule has 0 amide bonds. The van der Waals surface area contributed by atoms with Crippen molar-refractivity contribution < 1.29 is 8.42 Å². The van der Waals surface area contributed by atoms with Crippen molar-refractivity contribution in [2.75, 3.05) is 19.3 Å². The summed E-state index contributed by atoms with van der Waals surface area (Å²) in [5.41, 5.74) is 0. The highest BCUT2D eigenvalue weighted by Crippen LogP contribution is 2.16. The highest BCUT2D eigenvalue weighted by atomic mass is 32.2. The average molecular weight is 276 g/mol. The Bertz CT molecular complexity index is 335. The van der Waals surface area contributed by atoms with Gasteiger partial charge in [-0.2, -0.15) is 0 Å². The lowest BCUT2D eigenvalue weighted by atomic mass is 10.1. The fraction of sp³-hybridized carbons (Fsp3) is 1.00. The molecule has 0 aromatic heterocycles. The molecule has 18 heavy (non-hydrogen) atoms. The molecule has 108 valence electrons. The number of hydrogen-bond acceptors (Lipinski definition) is 3. The summed E-state index contributed by atoms with van der Waals surface area (Å²) in [5, 5.41) is 3.30. The number of nitrogens with zero attached hydrogens (tertiary/aromatic N) is 1. The molecule has 1 fully saturated rings. The predicted octanol–water partition coefficient (Wildman–Crippen LogP) is 1.82. The quantitative estimate of drug-likeness (QED) is 0.805. The Hall–Kier alpha value is -0.130. The van der Waals surface area contributed by atoms with Crippen molar-refractivity contribution >= 4 is 10.0 Å². The Morgan fingerprint density at radius 2 is 1.94 bits per heavy atom. The van der Waals surface area contributed by atoms with Crippen molar-refractivity contribution in [1.82, 2.24) is 9.62 Å². The molecule has 1 aliphatic heterocycles. The molecule has 0 spiro atoms. The summed E-state index contributed by atoms with van der Waals surface area (Å²) >= 11 is 0. The Morgan fingerprint density at radius 1 is 1.28 bits per heavy atom. The lowest BCUT2D eigenvalue weighted by Gasteiger charge is -2.29. The second-order valence-corrected chi connectivity index (χ2v) is 7.99. The SMILES string of the molecule is CC(C)CC(C)N(C)S(=O)(=O)CC1CCCCN1. The van der Waals surface area contributed by atoms with Crippen LogP contribution in [-0.4, -0.2) is 44.2 Å². The molecule has 2 unspecified atom stereocenters. The Balaban J connectivity index is 2.55. The lowest BCUT2D eigenvalue weighted by molar-refractivity contribution is 0.332. The molecular weight excluding hydrogens is 248 g/mol. The molecule has 5 heteroatoms. The zero-order valence-corrected chi connectivity index (χ0v) is 13.0. The second-order valence-electron chi connectivity index (χ2n) is 5.92. The average Bonchev–Trinajstić information content (AvgIpc) is 2.27. The van der Waals surface area contributed by atoms with Crippen LogP contribution in [0.5, 0.6) is 0 Å². The minimum atomic E-state index is -3.13. The Labute approximate surface area is 112 Å². The van der Waals surface area contributed by atoms with E-state index in [1.807, 2.05) is 6.92 Å². The van der Waals surface area contributed by atoms with Gasteiger partial charge in [0.1, 0.15) is 0 Å². The number of rotatable bonds is 6. The Morgan fingerprint density at radius 3 is 2.44 bits per heavy atom. The van der Waals surface area contributed by atoms with E-state index in [1.165, 1.54) is 0 Å². The molecule has 0 radical (unpaired) electrons. The van der Waals surface area contributed by atoms with Crippen LogP contribution < -0.4 is 5.32 Å². The van der Waals surface area contributed by atoms with Crippen LogP contribution in [0.3, 0.4) is 0 Å². The van der Waals surface area contributed by atoms with Crippen molar-refractivity contribution in [2.45, 2.75) is 58.5 Å². The standard InChI is InChI=1S/C13H28N2O2S/c1-11(2)9-12(3)15(4)18(16,17)10-13-7-5-6-8-14-13/h11-14H,5-10H2,1-4H3. The fourth-order valence-electron chi connectivity index (χ4n) is 2.54. The van der Waals surface area contributed by atoms with Gasteiger partial charge in [-0.3, -0.25) is 0 Å². The van der Waals surface area contributed by atoms with Crippen LogP contribution in [-0.2, 0) is 10.0 Å². The van der Waals surface area contributed by atoms with Crippen LogP contribution in [0.1, 0.15) is 46.5 Å². The zero-order chi connectivity index (χ0) is 13.8. The van der Waals surface area contributed by atoms with E-state index < -0.39 is 10.0 Å². The smallest absolute Gasteiger partial charge is 0.215 e. The number of sulfonamides is 1. The Kier molecular flexibility index (Phi) is 6.08. The minimum Gasteiger partial charge on any atom is -0.313 e. The van der Waals surface area contributed by atoms with E-state index in [0.29, 0.717) is 5.92 Å². The largest absolute Gasteiger partial charge is 0.313 e. The van der Waals surface area contributed by atoms with Gasteiger partial charge in [0.25, 0.3) is 0 Å². The first kappa shape index (κ1) is 15.9. The summed E-state index contributed by atoms with van der Waals surface area (Å²) < 4.78 is 26.2. The normalized spacial score (nSPS) is 23.6. The molecule has 0 aliphatic carbocycles. The van der Waals surface area contributed by atoms with Crippen LogP contribution in [0.2, 0.25) is 0 Å². The van der Waals surface area contributed by atoms with Crippen molar-refractivity contribution in [3.63, 3.8) is 0 Å². The first-order valence-electron chi connectivity index (χ1n) is 7.02. The molecule has 1 aliphatic rings. The lowest BCUT2D eigenvalue weighted by Crippen LogP contribution is -2.45. The predicted molar refractivity (Wildman–Crippen MR) is 76.1 cm³/mol. The van der Waals surface area contributed by atoms with Gasteiger partial charge in [-0.1, -0.05) is 20.3 Å². The van der Waals surface area contributed by atoms with Gasteiger partial charge >= 0.3 is 0 Å². The van der Waals surface area contributed by atoms with E-state index in [0.717, 1.165) is 32.2 Å². The maximum absolute atomic E-state index is 12.3. The maximum Gasteiger partial charge on any atom is 0.215 e. The second kappa shape index (κ2) is 6.87. The van der Waals surface area contributed by atoms with Crippen molar-refractivity contribution in [1.29, 1.82) is 0 Å². The number of hydrogen-bond donors (Lipinski definition) is 1. The van der Waals surface area contributed by atoms with Gasteiger partial charge in [-0.15, -0.1) is 0 Å². The van der Waals surface area contributed by atoms with Crippen LogP contribution in [0.15, 0.2) is 0 Å². The van der Waals surface area contributed by atoms with E-state index in [-0.39, 0.29) is 17.8 Å². The van der Waals surface area contributed by atoms with Crippen molar-refractivity contribution in [2.24, 2.45) is 5.92 Å². The van der Waals surface area contributed by atoms with Crippen LogP contribution in [0, 0.1) is 5.92 Å². The first-order chi connectivity index (χ1) is 8.33. The number of piperidine rings is 1. The summed E-state index contributed by atoms with van der Waals surface area (Å²) in [7, 11) is -1.42. The third-order valence-electron chi connectivity index (χ3n) is 3.70. The molecule has 1 saturated heterocycles. The van der Waals surface area contributed by atoms with E-state index >= 15 is 0 Å². The van der Waals surface area contributed by atoms with E-state index in [1.54, 1.807) is 11.4 Å². The monoisotopic (exact) mass is 276 g/mol. The summed E-state index contributed by atoms with van der Waals surface area (Å²) in [4.78, 5) is 0. The molecule has 1 heterocycles. The van der Waals surface area contributed by atoms with Gasteiger partial charge in [0, 0.05) is 19.1 Å². The van der Waals surface area contributed by atoms with Gasteiger partial charge in [0.05, 0.1) is 5.75 Å².